The van der Waals surface area contributed by atoms with Crippen molar-refractivity contribution in [2.45, 2.75) is 20.3 Å². The van der Waals surface area contributed by atoms with E-state index >= 15 is 0 Å². The van der Waals surface area contributed by atoms with E-state index in [-0.39, 0.29) is 12.2 Å². The SMILES string of the molecule is CCCOc1ccc(Cl)cc1/C=C(\C#N)C(=O)Nc1ccc(C(=O)OCC)cc1. The van der Waals surface area contributed by atoms with Gasteiger partial charge in [0.25, 0.3) is 5.91 Å². The van der Waals surface area contributed by atoms with Gasteiger partial charge in [0.15, 0.2) is 0 Å². The summed E-state index contributed by atoms with van der Waals surface area (Å²) < 4.78 is 10.6. The summed E-state index contributed by atoms with van der Waals surface area (Å²) in [7, 11) is 0. The van der Waals surface area contributed by atoms with Crippen molar-refractivity contribution >= 4 is 35.2 Å². The zero-order valence-electron chi connectivity index (χ0n) is 16.2. The van der Waals surface area contributed by atoms with Gasteiger partial charge in [0.05, 0.1) is 18.8 Å². The van der Waals surface area contributed by atoms with Gasteiger partial charge in [-0.2, -0.15) is 5.26 Å². The van der Waals surface area contributed by atoms with Crippen molar-refractivity contribution in [3.63, 3.8) is 0 Å². The lowest BCUT2D eigenvalue weighted by molar-refractivity contribution is -0.112. The van der Waals surface area contributed by atoms with Crippen LogP contribution in [0.1, 0.15) is 36.2 Å². The number of nitrogens with zero attached hydrogens (tertiary/aromatic N) is 1. The fourth-order valence-corrected chi connectivity index (χ4v) is 2.56. The number of carbonyl (C=O) groups excluding carboxylic acids is 2. The highest BCUT2D eigenvalue weighted by molar-refractivity contribution is 6.30. The van der Waals surface area contributed by atoms with E-state index in [0.29, 0.717) is 34.2 Å². The van der Waals surface area contributed by atoms with Gasteiger partial charge in [-0.25, -0.2) is 4.79 Å². The van der Waals surface area contributed by atoms with Gasteiger partial charge in [0.1, 0.15) is 17.4 Å². The highest BCUT2D eigenvalue weighted by atomic mass is 35.5. The van der Waals surface area contributed by atoms with Crippen LogP contribution in [0, 0.1) is 11.3 Å². The molecule has 1 N–H and O–H groups in total. The molecular formula is C22H21ClN2O4. The number of rotatable bonds is 8. The molecule has 2 rings (SSSR count). The second-order valence-electron chi connectivity index (χ2n) is 5.95. The van der Waals surface area contributed by atoms with E-state index in [2.05, 4.69) is 5.32 Å². The molecule has 0 spiro atoms. The van der Waals surface area contributed by atoms with Crippen LogP contribution in [0.25, 0.3) is 6.08 Å². The molecule has 0 saturated carbocycles. The number of hydrogen-bond donors (Lipinski definition) is 1. The number of nitrogens with one attached hydrogen (secondary N) is 1. The summed E-state index contributed by atoms with van der Waals surface area (Å²) in [5.74, 6) is -0.489. The largest absolute Gasteiger partial charge is 0.493 e. The van der Waals surface area contributed by atoms with E-state index in [1.165, 1.54) is 18.2 Å². The third-order valence-electron chi connectivity index (χ3n) is 3.75. The first-order valence-corrected chi connectivity index (χ1v) is 9.49. The van der Waals surface area contributed by atoms with E-state index in [0.717, 1.165) is 6.42 Å². The van der Waals surface area contributed by atoms with Gasteiger partial charge >= 0.3 is 5.97 Å². The first kappa shape index (κ1) is 22.0. The van der Waals surface area contributed by atoms with Crippen molar-refractivity contribution in [3.05, 3.63) is 64.2 Å². The molecule has 0 aliphatic heterocycles. The maximum absolute atomic E-state index is 12.5. The molecule has 2 aromatic carbocycles. The van der Waals surface area contributed by atoms with Crippen LogP contribution in [-0.4, -0.2) is 25.1 Å². The van der Waals surface area contributed by atoms with Crippen molar-refractivity contribution < 1.29 is 19.1 Å². The minimum Gasteiger partial charge on any atom is -0.493 e. The van der Waals surface area contributed by atoms with Gasteiger partial charge in [-0.3, -0.25) is 4.79 Å². The van der Waals surface area contributed by atoms with Gasteiger partial charge in [-0.05, 0) is 61.9 Å². The molecule has 150 valence electrons. The van der Waals surface area contributed by atoms with Crippen LogP contribution in [-0.2, 0) is 9.53 Å². The molecule has 0 atom stereocenters. The van der Waals surface area contributed by atoms with Crippen molar-refractivity contribution in [2.24, 2.45) is 0 Å². The standard InChI is InChI=1S/C22H21ClN2O4/c1-3-11-29-20-10-7-18(23)13-16(20)12-17(14-24)21(26)25-19-8-5-15(6-9-19)22(27)28-4-2/h5-10,12-13H,3-4,11H2,1-2H3,(H,25,26)/b17-12+. The molecule has 6 nitrogen and oxygen atoms in total. The summed E-state index contributed by atoms with van der Waals surface area (Å²) in [5.41, 5.74) is 1.24. The Morgan fingerprint density at radius 2 is 1.90 bits per heavy atom. The Bertz CT molecular complexity index is 946. The van der Waals surface area contributed by atoms with Crippen molar-refractivity contribution in [1.29, 1.82) is 5.26 Å². The van der Waals surface area contributed by atoms with E-state index in [1.807, 2.05) is 13.0 Å². The van der Waals surface area contributed by atoms with Crippen LogP contribution < -0.4 is 10.1 Å². The maximum Gasteiger partial charge on any atom is 0.338 e. The first-order valence-electron chi connectivity index (χ1n) is 9.11. The van der Waals surface area contributed by atoms with Gasteiger partial charge in [0, 0.05) is 16.3 Å². The van der Waals surface area contributed by atoms with Gasteiger partial charge in [-0.1, -0.05) is 18.5 Å². The summed E-state index contributed by atoms with van der Waals surface area (Å²) in [5, 5.41) is 12.5. The van der Waals surface area contributed by atoms with Crippen LogP contribution in [0.15, 0.2) is 48.0 Å². The normalized spacial score (nSPS) is 10.8. The number of ether oxygens (including phenoxy) is 2. The number of amides is 1. The quantitative estimate of drug-likeness (QED) is 0.380. The van der Waals surface area contributed by atoms with Crippen molar-refractivity contribution in [1.82, 2.24) is 0 Å². The average molecular weight is 413 g/mol. The Balaban J connectivity index is 2.20. The van der Waals surface area contributed by atoms with Crippen LogP contribution in [0.4, 0.5) is 5.69 Å². The molecule has 0 fully saturated rings. The molecule has 0 aliphatic rings. The fourth-order valence-electron chi connectivity index (χ4n) is 2.38. The number of benzene rings is 2. The molecule has 0 saturated heterocycles. The lowest BCUT2D eigenvalue weighted by atomic mass is 10.1. The number of esters is 1. The smallest absolute Gasteiger partial charge is 0.338 e. The third kappa shape index (κ3) is 6.37. The molecule has 0 unspecified atom stereocenters. The molecule has 1 amide bonds. The molecule has 29 heavy (non-hydrogen) atoms. The molecule has 7 heteroatoms. The van der Waals surface area contributed by atoms with E-state index in [4.69, 9.17) is 21.1 Å². The molecule has 2 aromatic rings. The predicted octanol–water partition coefficient (Wildman–Crippen LogP) is 4.85. The molecule has 0 aliphatic carbocycles. The lowest BCUT2D eigenvalue weighted by Gasteiger charge is -2.10. The van der Waals surface area contributed by atoms with Crippen LogP contribution >= 0.6 is 11.6 Å². The minimum atomic E-state index is -0.585. The molecule has 0 bridgehead atoms. The summed E-state index contributed by atoms with van der Waals surface area (Å²) in [6.45, 7) is 4.48. The van der Waals surface area contributed by atoms with Crippen LogP contribution in [0.2, 0.25) is 5.02 Å². The fraction of sp³-hybridized carbons (Fsp3) is 0.227. The summed E-state index contributed by atoms with van der Waals surface area (Å²) in [4.78, 5) is 24.2. The van der Waals surface area contributed by atoms with Gasteiger partial charge < -0.3 is 14.8 Å². The summed E-state index contributed by atoms with van der Waals surface area (Å²) in [6.07, 6.45) is 2.25. The van der Waals surface area contributed by atoms with Gasteiger partial charge in [-0.15, -0.1) is 0 Å². The van der Waals surface area contributed by atoms with Crippen molar-refractivity contribution in [3.8, 4) is 11.8 Å². The predicted molar refractivity (Wildman–Crippen MR) is 112 cm³/mol. The Kier molecular flexibility index (Phi) is 8.26. The highest BCUT2D eigenvalue weighted by Gasteiger charge is 2.13. The molecule has 0 heterocycles. The monoisotopic (exact) mass is 412 g/mol. The van der Waals surface area contributed by atoms with Crippen LogP contribution in [0.5, 0.6) is 5.75 Å². The number of anilines is 1. The Morgan fingerprint density at radius 3 is 2.52 bits per heavy atom. The lowest BCUT2D eigenvalue weighted by Crippen LogP contribution is -2.14. The van der Waals surface area contributed by atoms with Crippen molar-refractivity contribution in [2.75, 3.05) is 18.5 Å². The highest BCUT2D eigenvalue weighted by Crippen LogP contribution is 2.26. The Hall–Kier alpha value is -3.30. The maximum atomic E-state index is 12.5. The second-order valence-corrected chi connectivity index (χ2v) is 6.39. The topological polar surface area (TPSA) is 88.4 Å². The summed E-state index contributed by atoms with van der Waals surface area (Å²) >= 11 is 6.04. The third-order valence-corrected chi connectivity index (χ3v) is 3.99. The zero-order valence-corrected chi connectivity index (χ0v) is 17.0. The molecule has 0 radical (unpaired) electrons. The molecular weight excluding hydrogens is 392 g/mol. The van der Waals surface area contributed by atoms with E-state index < -0.39 is 11.9 Å². The molecule has 0 aromatic heterocycles. The minimum absolute atomic E-state index is 0.108. The Labute approximate surface area is 174 Å². The second kappa shape index (κ2) is 10.9. The van der Waals surface area contributed by atoms with E-state index in [9.17, 15) is 14.9 Å². The number of hydrogen-bond acceptors (Lipinski definition) is 5. The summed E-state index contributed by atoms with van der Waals surface area (Å²) in [6, 6.07) is 13.1. The number of nitriles is 1. The zero-order chi connectivity index (χ0) is 21.2. The first-order chi connectivity index (χ1) is 14.0. The van der Waals surface area contributed by atoms with Crippen LogP contribution in [0.3, 0.4) is 0 Å². The number of carbonyl (C=O) groups is 2. The Morgan fingerprint density at radius 1 is 1.17 bits per heavy atom. The van der Waals surface area contributed by atoms with Gasteiger partial charge in [0.2, 0.25) is 0 Å². The average Bonchev–Trinajstić information content (AvgIpc) is 2.72. The van der Waals surface area contributed by atoms with E-state index in [1.54, 1.807) is 37.3 Å². The number of halogens is 1.